The molecule has 0 unspecified atom stereocenters. The molecular weight excluding hydrogens is 480 g/mol. The number of rotatable bonds is 10. The Bertz CT molecular complexity index is 1260. The van der Waals surface area contributed by atoms with Gasteiger partial charge in [0.25, 0.3) is 5.89 Å². The molecule has 3 aromatic heterocycles. The van der Waals surface area contributed by atoms with E-state index >= 15 is 0 Å². The number of ether oxygens (including phenoxy) is 1. The van der Waals surface area contributed by atoms with Crippen molar-refractivity contribution in [1.29, 1.82) is 0 Å². The highest BCUT2D eigenvalue weighted by atomic mass is 32.1. The number of anilines is 4. The minimum absolute atomic E-state index is 0.218. The second-order valence-corrected chi connectivity index (χ2v) is 9.50. The highest BCUT2D eigenvalue weighted by Gasteiger charge is 2.20. The Morgan fingerprint density at radius 2 is 1.83 bits per heavy atom. The minimum Gasteiger partial charge on any atom is -0.415 e. The molecule has 12 heteroatoms. The minimum atomic E-state index is -0.218. The van der Waals surface area contributed by atoms with Crippen molar-refractivity contribution in [3.05, 3.63) is 42.6 Å². The second kappa shape index (κ2) is 11.4. The highest BCUT2D eigenvalue weighted by molar-refractivity contribution is 7.18. The van der Waals surface area contributed by atoms with E-state index in [1.54, 1.807) is 13.3 Å². The Labute approximate surface area is 212 Å². The fourth-order valence-corrected chi connectivity index (χ4v) is 4.66. The first-order valence-corrected chi connectivity index (χ1v) is 12.7. The predicted octanol–water partition coefficient (Wildman–Crippen LogP) is 4.17. The summed E-state index contributed by atoms with van der Waals surface area (Å²) in [5.41, 5.74) is 0.862. The molecule has 4 N–H and O–H groups in total. The van der Waals surface area contributed by atoms with Crippen LogP contribution in [0.2, 0.25) is 0 Å². The molecule has 1 aromatic carbocycles. The summed E-state index contributed by atoms with van der Waals surface area (Å²) in [7, 11) is 1.66. The summed E-state index contributed by atoms with van der Waals surface area (Å²) in [5, 5.41) is 28.7. The number of hydrogen-bond donors (Lipinski definition) is 4. The summed E-state index contributed by atoms with van der Waals surface area (Å²) in [6, 6.07) is 11.7. The quantitative estimate of drug-likeness (QED) is 0.229. The maximum absolute atomic E-state index is 9.80. The van der Waals surface area contributed by atoms with Crippen LogP contribution in [0.25, 0.3) is 22.2 Å². The largest absolute Gasteiger partial charge is 0.415 e. The van der Waals surface area contributed by atoms with Crippen LogP contribution < -0.4 is 16.0 Å². The molecule has 0 bridgehead atoms. The molecule has 0 spiro atoms. The average molecular weight is 509 g/mol. The molecule has 11 nitrogen and oxygen atoms in total. The van der Waals surface area contributed by atoms with E-state index in [0.717, 1.165) is 36.1 Å². The number of aliphatic hydroxyl groups excluding tert-OH is 1. The summed E-state index contributed by atoms with van der Waals surface area (Å²) in [5.74, 6) is 2.65. The van der Waals surface area contributed by atoms with E-state index in [1.807, 2.05) is 36.4 Å². The smallest absolute Gasteiger partial charge is 0.259 e. The third-order valence-corrected chi connectivity index (χ3v) is 6.67. The van der Waals surface area contributed by atoms with Crippen LogP contribution in [0.15, 0.2) is 47.0 Å². The molecule has 3 heterocycles. The van der Waals surface area contributed by atoms with Crippen LogP contribution >= 0.6 is 11.3 Å². The topological polar surface area (TPSA) is 143 Å². The number of hydrogen-bond acceptors (Lipinski definition) is 12. The number of methoxy groups -OCH3 is 1. The average Bonchev–Trinajstić information content (AvgIpc) is 3.56. The molecule has 1 saturated carbocycles. The fourth-order valence-electron chi connectivity index (χ4n) is 3.91. The summed E-state index contributed by atoms with van der Waals surface area (Å²) in [6.07, 6.45) is 4.78. The first kappa shape index (κ1) is 24.1. The van der Waals surface area contributed by atoms with Gasteiger partial charge in [-0.15, -0.1) is 10.2 Å². The van der Waals surface area contributed by atoms with Crippen LogP contribution in [0.5, 0.6) is 0 Å². The Kier molecular flexibility index (Phi) is 7.64. The van der Waals surface area contributed by atoms with Gasteiger partial charge in [-0.3, -0.25) is 0 Å². The highest BCUT2D eigenvalue weighted by Crippen LogP contribution is 2.32. The molecule has 1 fully saturated rings. The molecular formula is C24H28N8O3S. The van der Waals surface area contributed by atoms with E-state index in [0.29, 0.717) is 47.6 Å². The van der Waals surface area contributed by atoms with E-state index in [4.69, 9.17) is 9.15 Å². The summed E-state index contributed by atoms with van der Waals surface area (Å²) in [4.78, 5) is 14.5. The van der Waals surface area contributed by atoms with Crippen molar-refractivity contribution in [2.45, 2.75) is 37.8 Å². The Morgan fingerprint density at radius 3 is 2.64 bits per heavy atom. The number of benzene rings is 1. The third-order valence-electron chi connectivity index (χ3n) is 5.77. The van der Waals surface area contributed by atoms with Crippen molar-refractivity contribution in [1.82, 2.24) is 25.1 Å². The van der Waals surface area contributed by atoms with Gasteiger partial charge in [0.1, 0.15) is 16.5 Å². The molecule has 1 aliphatic rings. The lowest BCUT2D eigenvalue weighted by atomic mass is 9.93. The Balaban J connectivity index is 1.31. The lowest BCUT2D eigenvalue weighted by Gasteiger charge is -2.26. The van der Waals surface area contributed by atoms with Gasteiger partial charge in [0.2, 0.25) is 11.8 Å². The molecule has 0 radical (unpaired) electrons. The van der Waals surface area contributed by atoms with Crippen LogP contribution in [0.4, 0.5) is 22.7 Å². The van der Waals surface area contributed by atoms with Crippen molar-refractivity contribution < 1.29 is 14.3 Å². The number of aromatic nitrogens is 5. The fraction of sp³-hybridized carbons (Fsp3) is 0.375. The zero-order valence-corrected chi connectivity index (χ0v) is 20.7. The summed E-state index contributed by atoms with van der Waals surface area (Å²) in [6.45, 7) is 1.17. The standard InChI is InChI=1S/C24H28N8O3S/c1-34-12-11-25-19-13-20(29-23(28-19)27-16-7-9-17(33)10-8-16)30-24-26-14-18(36-24)22-32-31-21(35-22)15-5-3-2-4-6-15/h2-6,13-14,16-17,33H,7-12H2,1H3,(H3,25,26,27,28,29,30). The Hall–Kier alpha value is -3.61. The van der Waals surface area contributed by atoms with Gasteiger partial charge in [-0.25, -0.2) is 4.98 Å². The zero-order chi connectivity index (χ0) is 24.7. The van der Waals surface area contributed by atoms with Crippen LogP contribution in [-0.4, -0.2) is 62.7 Å². The monoisotopic (exact) mass is 508 g/mol. The number of thiazole rings is 1. The number of aliphatic hydroxyl groups is 1. The lowest BCUT2D eigenvalue weighted by molar-refractivity contribution is 0.126. The number of nitrogens with one attached hydrogen (secondary N) is 3. The van der Waals surface area contributed by atoms with Crippen LogP contribution in [0.3, 0.4) is 0 Å². The van der Waals surface area contributed by atoms with E-state index in [1.165, 1.54) is 11.3 Å². The van der Waals surface area contributed by atoms with Crippen molar-refractivity contribution in [2.75, 3.05) is 36.2 Å². The van der Waals surface area contributed by atoms with Gasteiger partial charge in [0.15, 0.2) is 5.13 Å². The summed E-state index contributed by atoms with van der Waals surface area (Å²) >= 11 is 1.39. The molecule has 4 aromatic rings. The number of nitrogens with zero attached hydrogens (tertiary/aromatic N) is 5. The zero-order valence-electron chi connectivity index (χ0n) is 19.8. The van der Waals surface area contributed by atoms with Crippen molar-refractivity contribution >= 4 is 34.1 Å². The molecule has 0 aliphatic heterocycles. The molecule has 1 aliphatic carbocycles. The Morgan fingerprint density at radius 1 is 1.06 bits per heavy atom. The summed E-state index contributed by atoms with van der Waals surface area (Å²) < 4.78 is 11.0. The van der Waals surface area contributed by atoms with E-state index < -0.39 is 0 Å². The third kappa shape index (κ3) is 6.14. The van der Waals surface area contributed by atoms with Crippen LogP contribution in [-0.2, 0) is 4.74 Å². The first-order valence-electron chi connectivity index (χ1n) is 11.8. The SMILES string of the molecule is COCCNc1cc(Nc2ncc(-c3nnc(-c4ccccc4)o3)s2)nc(NC2CCC(O)CC2)n1. The van der Waals surface area contributed by atoms with Gasteiger partial charge in [-0.1, -0.05) is 29.5 Å². The van der Waals surface area contributed by atoms with Gasteiger partial charge < -0.3 is 30.2 Å². The van der Waals surface area contributed by atoms with Gasteiger partial charge in [0.05, 0.1) is 18.9 Å². The van der Waals surface area contributed by atoms with Crippen LogP contribution in [0.1, 0.15) is 25.7 Å². The van der Waals surface area contributed by atoms with E-state index in [9.17, 15) is 5.11 Å². The van der Waals surface area contributed by atoms with E-state index in [-0.39, 0.29) is 12.1 Å². The maximum Gasteiger partial charge on any atom is 0.259 e. The second-order valence-electron chi connectivity index (χ2n) is 8.46. The van der Waals surface area contributed by atoms with Crippen LogP contribution in [0, 0.1) is 0 Å². The first-order chi connectivity index (χ1) is 17.7. The molecule has 36 heavy (non-hydrogen) atoms. The van der Waals surface area contributed by atoms with Crippen molar-refractivity contribution in [3.8, 4) is 22.2 Å². The lowest BCUT2D eigenvalue weighted by Crippen LogP contribution is -2.29. The van der Waals surface area contributed by atoms with Gasteiger partial charge >= 0.3 is 0 Å². The van der Waals surface area contributed by atoms with Crippen molar-refractivity contribution in [3.63, 3.8) is 0 Å². The molecule has 0 saturated heterocycles. The maximum atomic E-state index is 9.80. The van der Waals surface area contributed by atoms with Gasteiger partial charge in [-0.05, 0) is 37.8 Å². The van der Waals surface area contributed by atoms with Gasteiger partial charge in [0, 0.05) is 31.3 Å². The predicted molar refractivity (Wildman–Crippen MR) is 138 cm³/mol. The van der Waals surface area contributed by atoms with Crippen molar-refractivity contribution in [2.24, 2.45) is 0 Å². The molecule has 5 rings (SSSR count). The molecule has 0 atom stereocenters. The molecule has 188 valence electrons. The normalized spacial score (nSPS) is 17.6. The molecule has 0 amide bonds. The van der Waals surface area contributed by atoms with Gasteiger partial charge in [-0.2, -0.15) is 9.97 Å². The van der Waals surface area contributed by atoms with E-state index in [2.05, 4.69) is 41.1 Å².